The van der Waals surface area contributed by atoms with Crippen LogP contribution in [0.4, 0.5) is 0 Å². The van der Waals surface area contributed by atoms with E-state index in [0.717, 1.165) is 5.56 Å². The molecule has 0 bridgehead atoms. The minimum atomic E-state index is -0.395. The molecule has 146 valence electrons. The smallest absolute Gasteiger partial charge is 0.267 e. The molecule has 7 nitrogen and oxygen atoms in total. The molecule has 0 radical (unpaired) electrons. The molecule has 7 heteroatoms. The molecule has 0 aliphatic carbocycles. The van der Waals surface area contributed by atoms with Crippen LogP contribution in [0, 0.1) is 5.41 Å². The summed E-state index contributed by atoms with van der Waals surface area (Å²) in [5.74, 6) is -0.395. The van der Waals surface area contributed by atoms with Crippen LogP contribution in [-0.4, -0.2) is 19.9 Å². The molecule has 4 aromatic rings. The molecule has 29 heavy (non-hydrogen) atoms. The summed E-state index contributed by atoms with van der Waals surface area (Å²) in [5.41, 5.74) is 1.78. The van der Waals surface area contributed by atoms with Gasteiger partial charge in [0.05, 0.1) is 17.0 Å². The standard InChI is InChI=1S/C22H21N5O2/c1-3-26-19(23)16(21(28)24-14(2)15-9-5-4-6-10-15)13-17-20(26)25-18-11-7-8-12-27(18)22(17)29/h4-14,23H,3H2,1-2H3,(H,24,28). The average molecular weight is 387 g/mol. The monoisotopic (exact) mass is 387 g/mol. The fourth-order valence-corrected chi connectivity index (χ4v) is 3.47. The van der Waals surface area contributed by atoms with Crippen molar-refractivity contribution in [2.75, 3.05) is 0 Å². The van der Waals surface area contributed by atoms with Gasteiger partial charge in [-0.2, -0.15) is 0 Å². The number of rotatable bonds is 4. The molecule has 0 saturated heterocycles. The molecule has 0 aliphatic rings. The maximum Gasteiger partial charge on any atom is 0.267 e. The summed E-state index contributed by atoms with van der Waals surface area (Å²) >= 11 is 0. The van der Waals surface area contributed by atoms with Gasteiger partial charge in [-0.1, -0.05) is 36.4 Å². The number of carbonyl (C=O) groups excluding carboxylic acids is 1. The van der Waals surface area contributed by atoms with Crippen LogP contribution in [0.15, 0.2) is 65.6 Å². The van der Waals surface area contributed by atoms with Crippen molar-refractivity contribution >= 4 is 22.6 Å². The first kappa shape index (κ1) is 18.6. The molecule has 0 fully saturated rings. The number of carbonyl (C=O) groups is 1. The molecule has 1 amide bonds. The van der Waals surface area contributed by atoms with Gasteiger partial charge in [0.2, 0.25) is 0 Å². The van der Waals surface area contributed by atoms with E-state index in [1.54, 1.807) is 29.0 Å². The summed E-state index contributed by atoms with van der Waals surface area (Å²) in [6.45, 7) is 4.16. The summed E-state index contributed by atoms with van der Waals surface area (Å²) in [5, 5.41) is 11.8. The van der Waals surface area contributed by atoms with Gasteiger partial charge in [0.25, 0.3) is 11.5 Å². The zero-order valence-electron chi connectivity index (χ0n) is 16.2. The number of hydrogen-bond acceptors (Lipinski definition) is 4. The highest BCUT2D eigenvalue weighted by Crippen LogP contribution is 2.14. The minimum Gasteiger partial charge on any atom is -0.345 e. The quantitative estimate of drug-likeness (QED) is 0.527. The number of benzene rings is 1. The second-order valence-electron chi connectivity index (χ2n) is 6.84. The van der Waals surface area contributed by atoms with E-state index >= 15 is 0 Å². The molecule has 0 spiro atoms. The Bertz CT molecular complexity index is 1340. The van der Waals surface area contributed by atoms with Gasteiger partial charge >= 0.3 is 0 Å². The van der Waals surface area contributed by atoms with Crippen LogP contribution in [0.5, 0.6) is 0 Å². The number of hydrogen-bond donors (Lipinski definition) is 2. The first-order chi connectivity index (χ1) is 14.0. The lowest BCUT2D eigenvalue weighted by Crippen LogP contribution is -2.35. The van der Waals surface area contributed by atoms with Crippen molar-refractivity contribution in [1.82, 2.24) is 19.3 Å². The van der Waals surface area contributed by atoms with Crippen LogP contribution in [-0.2, 0) is 6.54 Å². The first-order valence-corrected chi connectivity index (χ1v) is 9.46. The SMILES string of the molecule is CCn1c(=N)c(C(=O)NC(C)c2ccccc2)cc2c(=O)n3ccccc3nc21. The highest BCUT2D eigenvalue weighted by Gasteiger charge is 2.18. The summed E-state index contributed by atoms with van der Waals surface area (Å²) in [7, 11) is 0. The van der Waals surface area contributed by atoms with Gasteiger partial charge in [-0.3, -0.25) is 19.4 Å². The van der Waals surface area contributed by atoms with Crippen LogP contribution in [0.2, 0.25) is 0 Å². The molecule has 0 saturated carbocycles. The lowest BCUT2D eigenvalue weighted by atomic mass is 10.1. The largest absolute Gasteiger partial charge is 0.345 e. The maximum absolute atomic E-state index is 13.0. The zero-order chi connectivity index (χ0) is 20.5. The predicted octanol–water partition coefficient (Wildman–Crippen LogP) is 2.64. The van der Waals surface area contributed by atoms with Gasteiger partial charge < -0.3 is 9.88 Å². The highest BCUT2D eigenvalue weighted by atomic mass is 16.1. The average Bonchev–Trinajstić information content (AvgIpc) is 2.74. The van der Waals surface area contributed by atoms with E-state index in [4.69, 9.17) is 5.41 Å². The van der Waals surface area contributed by atoms with Gasteiger partial charge in [0.15, 0.2) is 0 Å². The van der Waals surface area contributed by atoms with E-state index in [9.17, 15) is 9.59 Å². The maximum atomic E-state index is 13.0. The number of amides is 1. The third kappa shape index (κ3) is 3.20. The Balaban J connectivity index is 1.86. The Labute approximate surface area is 166 Å². The van der Waals surface area contributed by atoms with Gasteiger partial charge in [-0.05, 0) is 37.6 Å². The summed E-state index contributed by atoms with van der Waals surface area (Å²) < 4.78 is 3.03. The van der Waals surface area contributed by atoms with Crippen molar-refractivity contribution in [2.24, 2.45) is 0 Å². The van der Waals surface area contributed by atoms with Crippen LogP contribution in [0.1, 0.15) is 35.8 Å². The van der Waals surface area contributed by atoms with Crippen LogP contribution >= 0.6 is 0 Å². The van der Waals surface area contributed by atoms with E-state index < -0.39 is 5.91 Å². The molecule has 1 atom stereocenters. The van der Waals surface area contributed by atoms with E-state index in [1.165, 1.54) is 10.5 Å². The summed E-state index contributed by atoms with van der Waals surface area (Å²) in [6.07, 6.45) is 1.65. The molecule has 3 aromatic heterocycles. The summed E-state index contributed by atoms with van der Waals surface area (Å²) in [4.78, 5) is 30.5. The Morgan fingerprint density at radius 3 is 2.62 bits per heavy atom. The van der Waals surface area contributed by atoms with Crippen LogP contribution in [0.3, 0.4) is 0 Å². The Kier molecular flexibility index (Phi) is 4.72. The lowest BCUT2D eigenvalue weighted by Gasteiger charge is -2.16. The number of nitrogens with one attached hydrogen (secondary N) is 2. The van der Waals surface area contributed by atoms with E-state index in [-0.39, 0.29) is 22.7 Å². The van der Waals surface area contributed by atoms with Crippen LogP contribution in [0.25, 0.3) is 16.7 Å². The number of aromatic nitrogens is 3. The van der Waals surface area contributed by atoms with Crippen molar-refractivity contribution in [2.45, 2.75) is 26.4 Å². The van der Waals surface area contributed by atoms with E-state index in [0.29, 0.717) is 23.2 Å². The molecule has 1 unspecified atom stereocenters. The Morgan fingerprint density at radius 1 is 1.17 bits per heavy atom. The second-order valence-corrected chi connectivity index (χ2v) is 6.84. The highest BCUT2D eigenvalue weighted by molar-refractivity contribution is 5.97. The normalized spacial score (nSPS) is 12.2. The molecular formula is C22H21N5O2. The molecule has 1 aromatic carbocycles. The van der Waals surface area contributed by atoms with Crippen molar-refractivity contribution in [3.8, 4) is 0 Å². The van der Waals surface area contributed by atoms with Gasteiger partial charge in [-0.25, -0.2) is 4.98 Å². The number of pyridine rings is 2. The topological polar surface area (TPSA) is 92.2 Å². The van der Waals surface area contributed by atoms with Crippen molar-refractivity contribution in [3.05, 3.63) is 87.8 Å². The van der Waals surface area contributed by atoms with Crippen molar-refractivity contribution in [1.29, 1.82) is 5.41 Å². The Morgan fingerprint density at radius 2 is 1.90 bits per heavy atom. The van der Waals surface area contributed by atoms with Gasteiger partial charge in [0, 0.05) is 12.7 Å². The molecule has 0 aliphatic heterocycles. The number of nitrogens with zero attached hydrogens (tertiary/aromatic N) is 3. The summed E-state index contributed by atoms with van der Waals surface area (Å²) in [6, 6.07) is 16.1. The third-order valence-electron chi connectivity index (χ3n) is 5.03. The molecule has 4 rings (SSSR count). The predicted molar refractivity (Wildman–Crippen MR) is 111 cm³/mol. The minimum absolute atomic E-state index is 0.0324. The fourth-order valence-electron chi connectivity index (χ4n) is 3.47. The molecule has 2 N–H and O–H groups in total. The van der Waals surface area contributed by atoms with Gasteiger partial charge in [-0.15, -0.1) is 0 Å². The third-order valence-corrected chi connectivity index (χ3v) is 5.03. The van der Waals surface area contributed by atoms with Crippen molar-refractivity contribution in [3.63, 3.8) is 0 Å². The molecule has 3 heterocycles. The van der Waals surface area contributed by atoms with E-state index in [1.807, 2.05) is 44.2 Å². The Hall–Kier alpha value is -3.74. The number of aryl methyl sites for hydroxylation is 1. The van der Waals surface area contributed by atoms with Crippen molar-refractivity contribution < 1.29 is 4.79 Å². The molecular weight excluding hydrogens is 366 g/mol. The van der Waals surface area contributed by atoms with Crippen LogP contribution < -0.4 is 16.4 Å². The van der Waals surface area contributed by atoms with E-state index in [2.05, 4.69) is 10.3 Å². The lowest BCUT2D eigenvalue weighted by molar-refractivity contribution is 0.0937. The van der Waals surface area contributed by atoms with Gasteiger partial charge in [0.1, 0.15) is 16.8 Å². The number of fused-ring (bicyclic) bond motifs is 2. The fraction of sp³-hybridized carbons (Fsp3) is 0.182. The zero-order valence-corrected chi connectivity index (χ0v) is 16.2. The first-order valence-electron chi connectivity index (χ1n) is 9.46. The second kappa shape index (κ2) is 7.35.